The third kappa shape index (κ3) is 3.71. The van der Waals surface area contributed by atoms with Crippen LogP contribution in [0.5, 0.6) is 5.75 Å². The molecule has 1 aliphatic heterocycles. The van der Waals surface area contributed by atoms with Gasteiger partial charge in [-0.05, 0) is 50.6 Å². The number of carbonyl (C=O) groups is 1. The molecule has 6 heteroatoms. The van der Waals surface area contributed by atoms with E-state index in [2.05, 4.69) is 20.6 Å². The van der Waals surface area contributed by atoms with Crippen molar-refractivity contribution >= 4 is 11.6 Å². The number of anilines is 1. The highest BCUT2D eigenvalue weighted by Gasteiger charge is 2.20. The molecule has 1 amide bonds. The fourth-order valence-corrected chi connectivity index (χ4v) is 2.85. The molecule has 2 aromatic rings. The smallest absolute Gasteiger partial charge is 0.259 e. The van der Waals surface area contributed by atoms with Gasteiger partial charge in [0.1, 0.15) is 11.6 Å². The average molecular weight is 326 g/mol. The van der Waals surface area contributed by atoms with Gasteiger partial charge in [0.05, 0.1) is 18.4 Å². The van der Waals surface area contributed by atoms with E-state index in [1.165, 1.54) is 0 Å². The van der Waals surface area contributed by atoms with Gasteiger partial charge in [0.2, 0.25) is 0 Å². The predicted molar refractivity (Wildman–Crippen MR) is 92.6 cm³/mol. The molecule has 1 saturated heterocycles. The van der Waals surface area contributed by atoms with Crippen molar-refractivity contribution in [2.24, 2.45) is 0 Å². The first kappa shape index (κ1) is 16.4. The van der Waals surface area contributed by atoms with Crippen molar-refractivity contribution in [3.63, 3.8) is 0 Å². The molecule has 1 aliphatic rings. The number of aryl methyl sites for hydroxylation is 1. The number of aromatic nitrogens is 2. The lowest BCUT2D eigenvalue weighted by Gasteiger charge is -2.21. The standard InChI is InChI=1S/C18H22N4O2/c1-12-16(11-20-17(21-12)13-4-3-9-19-10-13)18(23)22-14-5-7-15(24-2)8-6-14/h5-8,11,13,19H,3-4,9-10H2,1-2H3,(H,22,23). The van der Waals surface area contributed by atoms with Crippen LogP contribution in [0.1, 0.15) is 40.6 Å². The monoisotopic (exact) mass is 326 g/mol. The number of hydrogen-bond acceptors (Lipinski definition) is 5. The van der Waals surface area contributed by atoms with Crippen molar-refractivity contribution in [3.05, 3.63) is 47.5 Å². The van der Waals surface area contributed by atoms with Crippen LogP contribution in [-0.2, 0) is 0 Å². The topological polar surface area (TPSA) is 76.1 Å². The molecule has 2 heterocycles. The third-order valence-electron chi connectivity index (χ3n) is 4.25. The van der Waals surface area contributed by atoms with Crippen LogP contribution in [0.15, 0.2) is 30.5 Å². The summed E-state index contributed by atoms with van der Waals surface area (Å²) in [5, 5.41) is 6.23. The second-order valence-corrected chi connectivity index (χ2v) is 5.95. The third-order valence-corrected chi connectivity index (χ3v) is 4.25. The summed E-state index contributed by atoms with van der Waals surface area (Å²) < 4.78 is 5.11. The molecule has 24 heavy (non-hydrogen) atoms. The van der Waals surface area contributed by atoms with Gasteiger partial charge in [0, 0.05) is 24.3 Å². The second kappa shape index (κ2) is 7.40. The summed E-state index contributed by atoms with van der Waals surface area (Å²) in [6.45, 7) is 3.80. The molecule has 2 N–H and O–H groups in total. The van der Waals surface area contributed by atoms with Crippen LogP contribution in [0.25, 0.3) is 0 Å². The fourth-order valence-electron chi connectivity index (χ4n) is 2.85. The Morgan fingerprint density at radius 2 is 2.12 bits per heavy atom. The van der Waals surface area contributed by atoms with Crippen LogP contribution in [0.2, 0.25) is 0 Å². The van der Waals surface area contributed by atoms with Gasteiger partial charge >= 0.3 is 0 Å². The Morgan fingerprint density at radius 1 is 1.33 bits per heavy atom. The van der Waals surface area contributed by atoms with E-state index in [-0.39, 0.29) is 5.91 Å². The molecule has 3 rings (SSSR count). The maximum atomic E-state index is 12.4. The van der Waals surface area contributed by atoms with Gasteiger partial charge in [0.15, 0.2) is 0 Å². The number of piperidine rings is 1. The minimum absolute atomic E-state index is 0.203. The lowest BCUT2D eigenvalue weighted by Crippen LogP contribution is -2.29. The maximum Gasteiger partial charge on any atom is 0.259 e. The first-order valence-electron chi connectivity index (χ1n) is 8.17. The van der Waals surface area contributed by atoms with E-state index < -0.39 is 0 Å². The molecule has 1 aromatic heterocycles. The van der Waals surface area contributed by atoms with Crippen LogP contribution in [0.3, 0.4) is 0 Å². The Balaban J connectivity index is 1.72. The van der Waals surface area contributed by atoms with Crippen LogP contribution < -0.4 is 15.4 Å². The molecule has 0 aliphatic carbocycles. The normalized spacial score (nSPS) is 17.3. The van der Waals surface area contributed by atoms with E-state index >= 15 is 0 Å². The Hall–Kier alpha value is -2.47. The Bertz CT molecular complexity index is 709. The quantitative estimate of drug-likeness (QED) is 0.903. The molecule has 0 bridgehead atoms. The number of carbonyl (C=O) groups excluding carboxylic acids is 1. The largest absolute Gasteiger partial charge is 0.497 e. The average Bonchev–Trinajstić information content (AvgIpc) is 2.63. The lowest BCUT2D eigenvalue weighted by molar-refractivity contribution is 0.102. The van der Waals surface area contributed by atoms with Gasteiger partial charge in [-0.2, -0.15) is 0 Å². The number of rotatable bonds is 4. The second-order valence-electron chi connectivity index (χ2n) is 5.95. The van der Waals surface area contributed by atoms with Crippen LogP contribution in [0, 0.1) is 6.92 Å². The molecule has 0 radical (unpaired) electrons. The van der Waals surface area contributed by atoms with Crippen LogP contribution >= 0.6 is 0 Å². The number of hydrogen-bond donors (Lipinski definition) is 2. The molecule has 6 nitrogen and oxygen atoms in total. The Kier molecular flexibility index (Phi) is 5.05. The van der Waals surface area contributed by atoms with Crippen molar-refractivity contribution in [1.82, 2.24) is 15.3 Å². The van der Waals surface area contributed by atoms with Gasteiger partial charge in [-0.3, -0.25) is 4.79 Å². The van der Waals surface area contributed by atoms with Crippen molar-refractivity contribution in [2.75, 3.05) is 25.5 Å². The van der Waals surface area contributed by atoms with E-state index in [4.69, 9.17) is 4.74 Å². The molecule has 1 aromatic carbocycles. The van der Waals surface area contributed by atoms with E-state index in [0.29, 0.717) is 22.9 Å². The van der Waals surface area contributed by atoms with Gasteiger partial charge in [-0.1, -0.05) is 0 Å². The maximum absolute atomic E-state index is 12.4. The fraction of sp³-hybridized carbons (Fsp3) is 0.389. The zero-order valence-electron chi connectivity index (χ0n) is 14.0. The zero-order chi connectivity index (χ0) is 16.9. The molecule has 126 valence electrons. The first-order chi connectivity index (χ1) is 11.7. The van der Waals surface area contributed by atoms with Crippen LogP contribution in [0.4, 0.5) is 5.69 Å². The highest BCUT2D eigenvalue weighted by Crippen LogP contribution is 2.21. The van der Waals surface area contributed by atoms with Crippen molar-refractivity contribution in [2.45, 2.75) is 25.7 Å². The van der Waals surface area contributed by atoms with E-state index in [1.807, 2.05) is 6.92 Å². The molecular weight excluding hydrogens is 304 g/mol. The molecule has 1 fully saturated rings. The number of ether oxygens (including phenoxy) is 1. The summed E-state index contributed by atoms with van der Waals surface area (Å²) in [6, 6.07) is 7.21. The van der Waals surface area contributed by atoms with Crippen molar-refractivity contribution < 1.29 is 9.53 Å². The highest BCUT2D eigenvalue weighted by atomic mass is 16.5. The number of nitrogens with one attached hydrogen (secondary N) is 2. The van der Waals surface area contributed by atoms with Crippen molar-refractivity contribution in [1.29, 1.82) is 0 Å². The van der Waals surface area contributed by atoms with Gasteiger partial charge in [-0.25, -0.2) is 9.97 Å². The number of methoxy groups -OCH3 is 1. The minimum atomic E-state index is -0.203. The van der Waals surface area contributed by atoms with E-state index in [1.54, 1.807) is 37.6 Å². The van der Waals surface area contributed by atoms with Gasteiger partial charge in [-0.15, -0.1) is 0 Å². The summed E-state index contributed by atoms with van der Waals surface area (Å²) >= 11 is 0. The van der Waals surface area contributed by atoms with E-state index in [0.717, 1.165) is 37.5 Å². The van der Waals surface area contributed by atoms with Crippen LogP contribution in [-0.4, -0.2) is 36.1 Å². The Morgan fingerprint density at radius 3 is 2.75 bits per heavy atom. The summed E-state index contributed by atoms with van der Waals surface area (Å²) in [6.07, 6.45) is 3.85. The summed E-state index contributed by atoms with van der Waals surface area (Å²) in [5.74, 6) is 1.70. The molecular formula is C18H22N4O2. The highest BCUT2D eigenvalue weighted by molar-refractivity contribution is 6.04. The lowest BCUT2D eigenvalue weighted by atomic mass is 9.98. The molecule has 1 atom stereocenters. The summed E-state index contributed by atoms with van der Waals surface area (Å²) in [7, 11) is 1.61. The predicted octanol–water partition coefficient (Wildman–Crippen LogP) is 2.51. The minimum Gasteiger partial charge on any atom is -0.497 e. The molecule has 1 unspecified atom stereocenters. The van der Waals surface area contributed by atoms with Gasteiger partial charge < -0.3 is 15.4 Å². The summed E-state index contributed by atoms with van der Waals surface area (Å²) in [4.78, 5) is 21.4. The SMILES string of the molecule is COc1ccc(NC(=O)c2cnc(C3CCCNC3)nc2C)cc1. The summed E-state index contributed by atoms with van der Waals surface area (Å²) in [5.41, 5.74) is 1.91. The van der Waals surface area contributed by atoms with Crippen molar-refractivity contribution in [3.8, 4) is 5.75 Å². The zero-order valence-corrected chi connectivity index (χ0v) is 14.0. The number of nitrogens with zero attached hydrogens (tertiary/aromatic N) is 2. The van der Waals surface area contributed by atoms with Gasteiger partial charge in [0.25, 0.3) is 5.91 Å². The first-order valence-corrected chi connectivity index (χ1v) is 8.17. The Labute approximate surface area is 141 Å². The van der Waals surface area contributed by atoms with E-state index in [9.17, 15) is 4.79 Å². The number of benzene rings is 1. The molecule has 0 spiro atoms. The molecule has 0 saturated carbocycles. The number of amides is 1.